The van der Waals surface area contributed by atoms with Crippen molar-refractivity contribution in [2.75, 3.05) is 43.4 Å². The Bertz CT molecular complexity index is 1100. The third-order valence-electron chi connectivity index (χ3n) is 5.25. The number of piperazine rings is 1. The second kappa shape index (κ2) is 9.60. The molecule has 1 saturated heterocycles. The molecule has 0 unspecified atom stereocenters. The van der Waals surface area contributed by atoms with E-state index < -0.39 is 0 Å². The van der Waals surface area contributed by atoms with Gasteiger partial charge in [0.2, 0.25) is 5.91 Å². The maximum Gasteiger partial charge on any atom is 0.248 e. The molecule has 0 bridgehead atoms. The van der Waals surface area contributed by atoms with Gasteiger partial charge in [-0.15, -0.1) is 0 Å². The Labute approximate surface area is 191 Å². The van der Waals surface area contributed by atoms with Crippen LogP contribution in [0.15, 0.2) is 65.1 Å². The second-order valence-corrected chi connectivity index (χ2v) is 8.22. The molecular weight excluding hydrogens is 433 g/mol. The highest BCUT2D eigenvalue weighted by Crippen LogP contribution is 2.34. The van der Waals surface area contributed by atoms with Gasteiger partial charge in [0.1, 0.15) is 11.5 Å². The Balaban J connectivity index is 1.44. The minimum Gasteiger partial charge on any atom is -0.457 e. The lowest BCUT2D eigenvalue weighted by atomic mass is 10.2. The van der Waals surface area contributed by atoms with Gasteiger partial charge >= 0.3 is 0 Å². The van der Waals surface area contributed by atoms with Crippen molar-refractivity contribution in [3.05, 3.63) is 76.5 Å². The smallest absolute Gasteiger partial charge is 0.248 e. The van der Waals surface area contributed by atoms with Crippen molar-refractivity contribution in [1.82, 2.24) is 4.90 Å². The predicted molar refractivity (Wildman–Crippen MR) is 128 cm³/mol. The number of rotatable bonds is 5. The normalized spacial score (nSPS) is 14.9. The molecule has 5 nitrogen and oxygen atoms in total. The van der Waals surface area contributed by atoms with E-state index in [-0.39, 0.29) is 5.91 Å². The molecule has 160 valence electrons. The van der Waals surface area contributed by atoms with Crippen molar-refractivity contribution >= 4 is 46.6 Å². The van der Waals surface area contributed by atoms with Crippen LogP contribution >= 0.6 is 23.2 Å². The van der Waals surface area contributed by atoms with E-state index >= 15 is 0 Å². The Hall–Kier alpha value is -2.73. The summed E-state index contributed by atoms with van der Waals surface area (Å²) in [4.78, 5) is 17.1. The fraction of sp³-hybridized carbons (Fsp3) is 0.208. The molecule has 0 spiro atoms. The van der Waals surface area contributed by atoms with E-state index in [2.05, 4.69) is 22.2 Å². The summed E-state index contributed by atoms with van der Waals surface area (Å²) in [5.41, 5.74) is 2.54. The number of benzene rings is 2. The van der Waals surface area contributed by atoms with Gasteiger partial charge < -0.3 is 19.5 Å². The molecule has 0 radical (unpaired) electrons. The van der Waals surface area contributed by atoms with Crippen LogP contribution in [0.5, 0.6) is 0 Å². The summed E-state index contributed by atoms with van der Waals surface area (Å²) in [6.07, 6.45) is 3.10. The summed E-state index contributed by atoms with van der Waals surface area (Å²) in [7, 11) is 2.12. The molecule has 1 N–H and O–H groups in total. The number of halogens is 2. The summed E-state index contributed by atoms with van der Waals surface area (Å²) < 4.78 is 5.81. The van der Waals surface area contributed by atoms with Crippen LogP contribution in [0.25, 0.3) is 17.4 Å². The molecule has 1 fully saturated rings. The lowest BCUT2D eigenvalue weighted by Crippen LogP contribution is -2.44. The van der Waals surface area contributed by atoms with Crippen molar-refractivity contribution in [2.24, 2.45) is 0 Å². The average Bonchev–Trinajstić information content (AvgIpc) is 3.24. The van der Waals surface area contributed by atoms with Gasteiger partial charge in [0.05, 0.1) is 21.4 Å². The summed E-state index contributed by atoms with van der Waals surface area (Å²) in [5.74, 6) is 0.918. The Morgan fingerprint density at radius 2 is 1.77 bits per heavy atom. The van der Waals surface area contributed by atoms with Gasteiger partial charge in [0.25, 0.3) is 0 Å². The molecule has 2 aromatic carbocycles. The summed E-state index contributed by atoms with van der Waals surface area (Å²) >= 11 is 12.3. The number of para-hydroxylation sites is 2. The van der Waals surface area contributed by atoms with Crippen molar-refractivity contribution < 1.29 is 9.21 Å². The van der Waals surface area contributed by atoms with Crippen molar-refractivity contribution in [3.63, 3.8) is 0 Å². The number of carbonyl (C=O) groups is 1. The number of nitrogens with zero attached hydrogens (tertiary/aromatic N) is 2. The van der Waals surface area contributed by atoms with E-state index in [9.17, 15) is 4.79 Å². The number of amides is 1. The van der Waals surface area contributed by atoms with E-state index in [1.165, 1.54) is 6.08 Å². The highest BCUT2D eigenvalue weighted by atomic mass is 35.5. The summed E-state index contributed by atoms with van der Waals surface area (Å²) in [6.45, 7) is 3.86. The molecule has 4 rings (SSSR count). The second-order valence-electron chi connectivity index (χ2n) is 7.43. The van der Waals surface area contributed by atoms with Gasteiger partial charge in [-0.2, -0.15) is 0 Å². The lowest BCUT2D eigenvalue weighted by molar-refractivity contribution is -0.111. The number of anilines is 2. The van der Waals surface area contributed by atoms with Crippen LogP contribution in [0, 0.1) is 0 Å². The largest absolute Gasteiger partial charge is 0.457 e. The van der Waals surface area contributed by atoms with Gasteiger partial charge in [-0.3, -0.25) is 4.79 Å². The van der Waals surface area contributed by atoms with E-state index in [0.717, 1.165) is 37.6 Å². The molecule has 31 heavy (non-hydrogen) atoms. The van der Waals surface area contributed by atoms with Gasteiger partial charge in [-0.1, -0.05) is 41.4 Å². The summed E-state index contributed by atoms with van der Waals surface area (Å²) in [6, 6.07) is 16.8. The van der Waals surface area contributed by atoms with Crippen molar-refractivity contribution in [2.45, 2.75) is 0 Å². The molecule has 1 aliphatic heterocycles. The fourth-order valence-corrected chi connectivity index (χ4v) is 3.91. The van der Waals surface area contributed by atoms with Crippen LogP contribution in [0.4, 0.5) is 11.4 Å². The number of hydrogen-bond acceptors (Lipinski definition) is 4. The van der Waals surface area contributed by atoms with Crippen LogP contribution in [0.1, 0.15) is 5.76 Å². The minimum atomic E-state index is -0.222. The average molecular weight is 456 g/mol. The topological polar surface area (TPSA) is 48.7 Å². The van der Waals surface area contributed by atoms with Crippen molar-refractivity contribution in [3.8, 4) is 11.3 Å². The van der Waals surface area contributed by atoms with Gasteiger partial charge in [0.15, 0.2) is 0 Å². The van der Waals surface area contributed by atoms with Crippen LogP contribution in [0.2, 0.25) is 10.0 Å². The number of carbonyl (C=O) groups excluding carboxylic acids is 1. The zero-order chi connectivity index (χ0) is 21.8. The predicted octanol–water partition coefficient (Wildman–Crippen LogP) is 5.66. The van der Waals surface area contributed by atoms with E-state index in [4.69, 9.17) is 27.6 Å². The zero-order valence-corrected chi connectivity index (χ0v) is 18.7. The summed E-state index contributed by atoms with van der Waals surface area (Å²) in [5, 5.41) is 3.88. The molecule has 1 aliphatic rings. The Morgan fingerprint density at radius 1 is 1.00 bits per heavy atom. The van der Waals surface area contributed by atoms with E-state index in [1.54, 1.807) is 24.3 Å². The quantitative estimate of drug-likeness (QED) is 0.504. The molecule has 2 heterocycles. The standard InChI is InChI=1S/C24H23Cl2N3O2/c1-28-13-15-29(16-14-28)21-8-3-2-7-20(21)27-23(30)12-10-17-9-11-22(31-17)18-5-4-6-19(25)24(18)26/h2-12H,13-16H2,1H3,(H,27,30). The van der Waals surface area contributed by atoms with Gasteiger partial charge in [-0.05, 0) is 49.5 Å². The third-order valence-corrected chi connectivity index (χ3v) is 6.07. The van der Waals surface area contributed by atoms with Gasteiger partial charge in [0, 0.05) is 37.8 Å². The number of nitrogens with one attached hydrogen (secondary N) is 1. The number of furan rings is 1. The van der Waals surface area contributed by atoms with E-state index in [0.29, 0.717) is 27.1 Å². The van der Waals surface area contributed by atoms with Crippen LogP contribution in [-0.4, -0.2) is 44.0 Å². The van der Waals surface area contributed by atoms with Crippen LogP contribution in [0.3, 0.4) is 0 Å². The maximum absolute atomic E-state index is 12.5. The highest BCUT2D eigenvalue weighted by Gasteiger charge is 2.17. The zero-order valence-electron chi connectivity index (χ0n) is 17.1. The van der Waals surface area contributed by atoms with Crippen LogP contribution < -0.4 is 10.2 Å². The molecule has 1 aromatic heterocycles. The number of likely N-dealkylation sites (N-methyl/N-ethyl adjacent to an activating group) is 1. The Kier molecular flexibility index (Phi) is 6.66. The van der Waals surface area contributed by atoms with Crippen LogP contribution in [-0.2, 0) is 4.79 Å². The highest BCUT2D eigenvalue weighted by molar-refractivity contribution is 6.43. The molecule has 0 atom stereocenters. The third kappa shape index (κ3) is 5.13. The monoisotopic (exact) mass is 455 g/mol. The first-order chi connectivity index (χ1) is 15.0. The fourth-order valence-electron chi connectivity index (χ4n) is 3.52. The number of hydrogen-bond donors (Lipinski definition) is 1. The molecule has 7 heteroatoms. The first-order valence-corrected chi connectivity index (χ1v) is 10.8. The minimum absolute atomic E-state index is 0.222. The molecule has 3 aromatic rings. The van der Waals surface area contributed by atoms with Gasteiger partial charge in [-0.25, -0.2) is 0 Å². The molecular formula is C24H23Cl2N3O2. The SMILES string of the molecule is CN1CCN(c2ccccc2NC(=O)C=Cc2ccc(-c3cccc(Cl)c3Cl)o2)CC1. The molecule has 1 amide bonds. The maximum atomic E-state index is 12.5. The molecule has 0 aliphatic carbocycles. The first kappa shape index (κ1) is 21.5. The Morgan fingerprint density at radius 3 is 2.58 bits per heavy atom. The van der Waals surface area contributed by atoms with Crippen molar-refractivity contribution in [1.29, 1.82) is 0 Å². The first-order valence-electron chi connectivity index (χ1n) is 10.1. The molecule has 0 saturated carbocycles. The lowest BCUT2D eigenvalue weighted by Gasteiger charge is -2.35. The van der Waals surface area contributed by atoms with E-state index in [1.807, 2.05) is 36.4 Å².